The van der Waals surface area contributed by atoms with Crippen molar-refractivity contribution in [3.8, 4) is 5.69 Å². The van der Waals surface area contributed by atoms with Crippen LogP contribution in [-0.2, 0) is 0 Å². The molecule has 1 atom stereocenters. The molecule has 1 heterocycles. The minimum atomic E-state index is -0.429. The van der Waals surface area contributed by atoms with Gasteiger partial charge in [-0.05, 0) is 29.8 Å². The van der Waals surface area contributed by atoms with Gasteiger partial charge >= 0.3 is 0 Å². The third kappa shape index (κ3) is 3.44. The van der Waals surface area contributed by atoms with Gasteiger partial charge in [-0.25, -0.2) is 0 Å². The first-order valence-corrected chi connectivity index (χ1v) is 7.19. The van der Waals surface area contributed by atoms with E-state index < -0.39 is 6.04 Å². The number of carbonyl (C=O) groups is 1. The lowest BCUT2D eigenvalue weighted by Gasteiger charge is -2.16. The molecule has 0 aliphatic heterocycles. The maximum atomic E-state index is 12.3. The van der Waals surface area contributed by atoms with Gasteiger partial charge in [0.2, 0.25) is 0 Å². The first-order chi connectivity index (χ1) is 11.3. The lowest BCUT2D eigenvalue weighted by Crippen LogP contribution is -2.30. The summed E-state index contributed by atoms with van der Waals surface area (Å²) < 4.78 is 1.75. The second-order valence-electron chi connectivity index (χ2n) is 5.04. The number of amides is 1. The fourth-order valence-corrected chi connectivity index (χ4v) is 2.28. The van der Waals surface area contributed by atoms with Crippen LogP contribution in [0.4, 0.5) is 0 Å². The van der Waals surface area contributed by atoms with Crippen molar-refractivity contribution in [3.05, 3.63) is 78.4 Å². The third-order valence-corrected chi connectivity index (χ3v) is 3.54. The summed E-state index contributed by atoms with van der Waals surface area (Å²) in [5.74, 6) is -0.233. The van der Waals surface area contributed by atoms with Gasteiger partial charge in [-0.1, -0.05) is 30.3 Å². The van der Waals surface area contributed by atoms with Crippen LogP contribution < -0.4 is 5.32 Å². The highest BCUT2D eigenvalue weighted by molar-refractivity contribution is 5.94. The molecule has 0 saturated carbocycles. The SMILES string of the molecule is O=C(NC(CO)c1ccccc1)c1ccc(-n2cnnc2)cc1. The van der Waals surface area contributed by atoms with Crippen LogP contribution in [0.1, 0.15) is 22.0 Å². The Morgan fingerprint density at radius 3 is 2.30 bits per heavy atom. The summed E-state index contributed by atoms with van der Waals surface area (Å²) in [7, 11) is 0. The van der Waals surface area contributed by atoms with Gasteiger partial charge in [0.25, 0.3) is 5.91 Å². The fourth-order valence-electron chi connectivity index (χ4n) is 2.28. The summed E-state index contributed by atoms with van der Waals surface area (Å²) in [6, 6.07) is 16.0. The third-order valence-electron chi connectivity index (χ3n) is 3.54. The average molecular weight is 308 g/mol. The normalized spacial score (nSPS) is 11.9. The number of aliphatic hydroxyl groups is 1. The van der Waals surface area contributed by atoms with E-state index in [0.717, 1.165) is 11.3 Å². The fraction of sp³-hybridized carbons (Fsp3) is 0.118. The van der Waals surface area contributed by atoms with Crippen molar-refractivity contribution in [1.29, 1.82) is 0 Å². The zero-order chi connectivity index (χ0) is 16.1. The lowest BCUT2D eigenvalue weighted by atomic mass is 10.1. The molecule has 1 aromatic heterocycles. The molecule has 3 rings (SSSR count). The van der Waals surface area contributed by atoms with Crippen molar-refractivity contribution in [3.63, 3.8) is 0 Å². The standard InChI is InChI=1S/C17H16N4O2/c22-10-16(13-4-2-1-3-5-13)20-17(23)14-6-8-15(9-7-14)21-11-18-19-12-21/h1-9,11-12,16,22H,10H2,(H,20,23). The van der Waals surface area contributed by atoms with E-state index in [1.54, 1.807) is 29.4 Å². The maximum absolute atomic E-state index is 12.3. The Morgan fingerprint density at radius 1 is 1.04 bits per heavy atom. The second-order valence-corrected chi connectivity index (χ2v) is 5.04. The maximum Gasteiger partial charge on any atom is 0.251 e. The molecule has 0 bridgehead atoms. The highest BCUT2D eigenvalue weighted by Crippen LogP contribution is 2.14. The van der Waals surface area contributed by atoms with Crippen LogP contribution in [0.15, 0.2) is 67.3 Å². The number of rotatable bonds is 5. The van der Waals surface area contributed by atoms with Gasteiger partial charge in [0, 0.05) is 11.3 Å². The first kappa shape index (κ1) is 14.9. The summed E-state index contributed by atoms with van der Waals surface area (Å²) in [6.45, 7) is -0.158. The van der Waals surface area contributed by atoms with E-state index in [-0.39, 0.29) is 12.5 Å². The summed E-state index contributed by atoms with van der Waals surface area (Å²) in [5.41, 5.74) is 2.26. The molecule has 2 N–H and O–H groups in total. The van der Waals surface area contributed by atoms with E-state index >= 15 is 0 Å². The van der Waals surface area contributed by atoms with Crippen LogP contribution in [0.3, 0.4) is 0 Å². The Morgan fingerprint density at radius 2 is 1.70 bits per heavy atom. The number of nitrogens with one attached hydrogen (secondary N) is 1. The van der Waals surface area contributed by atoms with Crippen molar-refractivity contribution >= 4 is 5.91 Å². The monoisotopic (exact) mass is 308 g/mol. The van der Waals surface area contributed by atoms with Gasteiger partial charge < -0.3 is 10.4 Å². The lowest BCUT2D eigenvalue weighted by molar-refractivity contribution is 0.0916. The largest absolute Gasteiger partial charge is 0.394 e. The Bertz CT molecular complexity index is 755. The Labute approximate surface area is 133 Å². The van der Waals surface area contributed by atoms with Crippen LogP contribution in [0, 0.1) is 0 Å². The molecule has 0 aliphatic rings. The van der Waals surface area contributed by atoms with E-state index in [9.17, 15) is 9.90 Å². The average Bonchev–Trinajstić information content (AvgIpc) is 3.15. The van der Waals surface area contributed by atoms with Crippen LogP contribution >= 0.6 is 0 Å². The topological polar surface area (TPSA) is 80.0 Å². The molecule has 0 spiro atoms. The zero-order valence-electron chi connectivity index (χ0n) is 12.3. The molecule has 6 nitrogen and oxygen atoms in total. The molecule has 2 aromatic carbocycles. The molecule has 116 valence electrons. The van der Waals surface area contributed by atoms with Crippen molar-refractivity contribution in [2.75, 3.05) is 6.61 Å². The van der Waals surface area contributed by atoms with Crippen molar-refractivity contribution in [2.45, 2.75) is 6.04 Å². The van der Waals surface area contributed by atoms with Crippen molar-refractivity contribution in [1.82, 2.24) is 20.1 Å². The summed E-state index contributed by atoms with van der Waals surface area (Å²) >= 11 is 0. The Hall–Kier alpha value is -2.99. The van der Waals surface area contributed by atoms with E-state index in [0.29, 0.717) is 5.56 Å². The molecule has 3 aromatic rings. The number of hydrogen-bond donors (Lipinski definition) is 2. The molecule has 0 saturated heterocycles. The molecule has 23 heavy (non-hydrogen) atoms. The predicted molar refractivity (Wildman–Crippen MR) is 85.1 cm³/mol. The molecule has 1 unspecified atom stereocenters. The molecule has 0 aliphatic carbocycles. The van der Waals surface area contributed by atoms with Crippen molar-refractivity contribution in [2.24, 2.45) is 0 Å². The number of carbonyl (C=O) groups excluding carboxylic acids is 1. The minimum absolute atomic E-state index is 0.158. The number of aliphatic hydroxyl groups excluding tert-OH is 1. The van der Waals surface area contributed by atoms with E-state index in [1.807, 2.05) is 42.5 Å². The van der Waals surface area contributed by atoms with E-state index in [2.05, 4.69) is 15.5 Å². The molecule has 6 heteroatoms. The van der Waals surface area contributed by atoms with E-state index in [1.165, 1.54) is 0 Å². The number of nitrogens with zero attached hydrogens (tertiary/aromatic N) is 3. The van der Waals surface area contributed by atoms with Crippen LogP contribution in [-0.4, -0.2) is 32.4 Å². The summed E-state index contributed by atoms with van der Waals surface area (Å²) in [4.78, 5) is 12.3. The molecule has 0 radical (unpaired) electrons. The molecule has 0 fully saturated rings. The van der Waals surface area contributed by atoms with Crippen LogP contribution in [0.25, 0.3) is 5.69 Å². The predicted octanol–water partition coefficient (Wildman–Crippen LogP) is 1.73. The highest BCUT2D eigenvalue weighted by atomic mass is 16.3. The molecular formula is C17H16N4O2. The van der Waals surface area contributed by atoms with E-state index in [4.69, 9.17) is 0 Å². The molecule has 1 amide bonds. The van der Waals surface area contributed by atoms with Gasteiger partial charge in [0.15, 0.2) is 0 Å². The van der Waals surface area contributed by atoms with Crippen LogP contribution in [0.5, 0.6) is 0 Å². The first-order valence-electron chi connectivity index (χ1n) is 7.19. The quantitative estimate of drug-likeness (QED) is 0.752. The van der Waals surface area contributed by atoms with Gasteiger partial charge in [-0.2, -0.15) is 0 Å². The zero-order valence-corrected chi connectivity index (χ0v) is 12.3. The van der Waals surface area contributed by atoms with Crippen LogP contribution in [0.2, 0.25) is 0 Å². The van der Waals surface area contributed by atoms with Gasteiger partial charge in [-0.15, -0.1) is 10.2 Å². The smallest absolute Gasteiger partial charge is 0.251 e. The van der Waals surface area contributed by atoms with Gasteiger partial charge in [-0.3, -0.25) is 9.36 Å². The Balaban J connectivity index is 1.72. The van der Waals surface area contributed by atoms with Gasteiger partial charge in [0.1, 0.15) is 12.7 Å². The summed E-state index contributed by atoms with van der Waals surface area (Å²) in [5, 5.41) is 19.8. The molecular weight excluding hydrogens is 292 g/mol. The van der Waals surface area contributed by atoms with Gasteiger partial charge in [0.05, 0.1) is 12.6 Å². The highest BCUT2D eigenvalue weighted by Gasteiger charge is 2.14. The second kappa shape index (κ2) is 6.85. The number of hydrogen-bond acceptors (Lipinski definition) is 4. The van der Waals surface area contributed by atoms with Crippen molar-refractivity contribution < 1.29 is 9.90 Å². The Kier molecular flexibility index (Phi) is 4.44. The number of aromatic nitrogens is 3. The summed E-state index contributed by atoms with van der Waals surface area (Å²) in [6.07, 6.45) is 3.18. The number of benzene rings is 2. The minimum Gasteiger partial charge on any atom is -0.394 e.